The standard InChI is InChI=1S/C14H10ClF2NOS/c15-10-7-9(16)5-6-12(10)18-14(19)8-20-13-4-2-1-3-11(13)17/h1-7H,8H2,(H,18,19). The second-order valence-corrected chi connectivity index (χ2v) is 5.32. The van der Waals surface area contributed by atoms with Gasteiger partial charge in [0.2, 0.25) is 5.91 Å². The van der Waals surface area contributed by atoms with E-state index in [4.69, 9.17) is 11.6 Å². The molecule has 2 nitrogen and oxygen atoms in total. The van der Waals surface area contributed by atoms with Gasteiger partial charge in [0.15, 0.2) is 0 Å². The van der Waals surface area contributed by atoms with Gasteiger partial charge in [0.1, 0.15) is 11.6 Å². The van der Waals surface area contributed by atoms with Crippen LogP contribution in [0.2, 0.25) is 5.02 Å². The Balaban J connectivity index is 1.94. The summed E-state index contributed by atoms with van der Waals surface area (Å²) in [4.78, 5) is 12.1. The minimum Gasteiger partial charge on any atom is -0.324 e. The summed E-state index contributed by atoms with van der Waals surface area (Å²) in [5.41, 5.74) is 0.326. The number of anilines is 1. The summed E-state index contributed by atoms with van der Waals surface area (Å²) in [6.07, 6.45) is 0. The third-order valence-electron chi connectivity index (χ3n) is 2.40. The fourth-order valence-corrected chi connectivity index (χ4v) is 2.44. The molecule has 2 rings (SSSR count). The highest BCUT2D eigenvalue weighted by atomic mass is 35.5. The van der Waals surface area contributed by atoms with Crippen molar-refractivity contribution < 1.29 is 13.6 Å². The van der Waals surface area contributed by atoms with E-state index in [-0.39, 0.29) is 22.5 Å². The Labute approximate surface area is 124 Å². The van der Waals surface area contributed by atoms with E-state index in [0.717, 1.165) is 17.8 Å². The van der Waals surface area contributed by atoms with Crippen molar-refractivity contribution in [2.75, 3.05) is 11.1 Å². The molecule has 0 heterocycles. The van der Waals surface area contributed by atoms with Crippen molar-refractivity contribution in [3.05, 3.63) is 59.1 Å². The first-order chi connectivity index (χ1) is 9.56. The first kappa shape index (κ1) is 14.8. The molecule has 1 N–H and O–H groups in total. The molecule has 0 atom stereocenters. The number of rotatable bonds is 4. The van der Waals surface area contributed by atoms with Gasteiger partial charge in [-0.3, -0.25) is 4.79 Å². The molecule has 6 heteroatoms. The Morgan fingerprint density at radius 1 is 1.20 bits per heavy atom. The Morgan fingerprint density at radius 2 is 1.95 bits per heavy atom. The van der Waals surface area contributed by atoms with Crippen LogP contribution in [0.1, 0.15) is 0 Å². The Bertz CT molecular complexity index is 636. The van der Waals surface area contributed by atoms with Gasteiger partial charge in [-0.1, -0.05) is 23.7 Å². The Kier molecular flexibility index (Phi) is 4.98. The molecule has 1 amide bonds. The van der Waals surface area contributed by atoms with Gasteiger partial charge in [-0.2, -0.15) is 0 Å². The highest BCUT2D eigenvalue weighted by Gasteiger charge is 2.09. The monoisotopic (exact) mass is 313 g/mol. The molecule has 0 spiro atoms. The molecule has 104 valence electrons. The van der Waals surface area contributed by atoms with E-state index in [2.05, 4.69) is 5.32 Å². The quantitative estimate of drug-likeness (QED) is 0.850. The van der Waals surface area contributed by atoms with Crippen LogP contribution in [0.25, 0.3) is 0 Å². The number of amides is 1. The van der Waals surface area contributed by atoms with Gasteiger partial charge in [-0.15, -0.1) is 11.8 Å². The number of thioether (sulfide) groups is 1. The molecule has 0 saturated heterocycles. The molecule has 0 saturated carbocycles. The fraction of sp³-hybridized carbons (Fsp3) is 0.0714. The predicted molar refractivity (Wildman–Crippen MR) is 77.2 cm³/mol. The lowest BCUT2D eigenvalue weighted by molar-refractivity contribution is -0.113. The second-order valence-electron chi connectivity index (χ2n) is 3.89. The first-order valence-electron chi connectivity index (χ1n) is 5.68. The maximum Gasteiger partial charge on any atom is 0.234 e. The van der Waals surface area contributed by atoms with Crippen LogP contribution in [0.15, 0.2) is 47.4 Å². The molecule has 0 aromatic heterocycles. The lowest BCUT2D eigenvalue weighted by atomic mass is 10.3. The summed E-state index contributed by atoms with van der Waals surface area (Å²) >= 11 is 6.87. The molecule has 0 aliphatic carbocycles. The van der Waals surface area contributed by atoms with Crippen molar-refractivity contribution in [3.8, 4) is 0 Å². The SMILES string of the molecule is O=C(CSc1ccccc1F)Nc1ccc(F)cc1Cl. The number of hydrogen-bond donors (Lipinski definition) is 1. The molecule has 2 aromatic carbocycles. The Morgan fingerprint density at radius 3 is 2.65 bits per heavy atom. The molecule has 0 bridgehead atoms. The molecular formula is C14H10ClF2NOS. The zero-order valence-electron chi connectivity index (χ0n) is 10.2. The number of halogens is 3. The van der Waals surface area contributed by atoms with Gasteiger partial charge >= 0.3 is 0 Å². The van der Waals surface area contributed by atoms with Crippen LogP contribution in [0.4, 0.5) is 14.5 Å². The summed E-state index contributed by atoms with van der Waals surface area (Å²) < 4.78 is 26.2. The van der Waals surface area contributed by atoms with Gasteiger partial charge in [-0.25, -0.2) is 8.78 Å². The van der Waals surface area contributed by atoms with Crippen molar-refractivity contribution >= 4 is 35.0 Å². The Hall–Kier alpha value is -1.59. The zero-order chi connectivity index (χ0) is 14.5. The van der Waals surface area contributed by atoms with Crippen LogP contribution < -0.4 is 5.32 Å². The van der Waals surface area contributed by atoms with E-state index >= 15 is 0 Å². The van der Waals surface area contributed by atoms with Crippen molar-refractivity contribution in [1.29, 1.82) is 0 Å². The summed E-state index contributed by atoms with van der Waals surface area (Å²) in [7, 11) is 0. The van der Waals surface area contributed by atoms with Crippen LogP contribution >= 0.6 is 23.4 Å². The number of nitrogens with one attached hydrogen (secondary N) is 1. The third kappa shape index (κ3) is 3.95. The summed E-state index contributed by atoms with van der Waals surface area (Å²) in [5.74, 6) is -1.15. The molecule has 0 fully saturated rings. The molecule has 2 aromatic rings. The molecule has 0 unspecified atom stereocenters. The maximum absolute atomic E-state index is 13.4. The fourth-order valence-electron chi connectivity index (χ4n) is 1.48. The van der Waals surface area contributed by atoms with Gasteiger partial charge in [0, 0.05) is 4.90 Å². The smallest absolute Gasteiger partial charge is 0.234 e. The van der Waals surface area contributed by atoms with Gasteiger partial charge < -0.3 is 5.32 Å². The lowest BCUT2D eigenvalue weighted by Crippen LogP contribution is -2.14. The van der Waals surface area contributed by atoms with Crippen LogP contribution in [-0.2, 0) is 4.79 Å². The predicted octanol–water partition coefficient (Wildman–Crippen LogP) is 4.35. The highest BCUT2D eigenvalue weighted by Crippen LogP contribution is 2.24. The number of carbonyl (C=O) groups is 1. The number of benzene rings is 2. The van der Waals surface area contributed by atoms with Gasteiger partial charge in [-0.05, 0) is 30.3 Å². The third-order valence-corrected chi connectivity index (χ3v) is 3.76. The summed E-state index contributed by atoms with van der Waals surface area (Å²) in [6, 6.07) is 9.89. The van der Waals surface area contributed by atoms with Crippen LogP contribution in [0.3, 0.4) is 0 Å². The van der Waals surface area contributed by atoms with E-state index in [0.29, 0.717) is 10.6 Å². The van der Waals surface area contributed by atoms with E-state index in [1.165, 1.54) is 18.2 Å². The minimum atomic E-state index is -0.478. The van der Waals surface area contributed by atoms with Crippen LogP contribution in [0, 0.1) is 11.6 Å². The number of carbonyl (C=O) groups excluding carboxylic acids is 1. The van der Waals surface area contributed by atoms with Crippen molar-refractivity contribution in [1.82, 2.24) is 0 Å². The zero-order valence-corrected chi connectivity index (χ0v) is 11.8. The second kappa shape index (κ2) is 6.72. The molecule has 20 heavy (non-hydrogen) atoms. The summed E-state index contributed by atoms with van der Waals surface area (Å²) in [6.45, 7) is 0. The minimum absolute atomic E-state index is 0.0363. The maximum atomic E-state index is 13.4. The van der Waals surface area contributed by atoms with Gasteiger partial charge in [0.25, 0.3) is 0 Å². The molecule has 0 aliphatic rings. The van der Waals surface area contributed by atoms with Crippen molar-refractivity contribution in [3.63, 3.8) is 0 Å². The van der Waals surface area contributed by atoms with Crippen LogP contribution in [-0.4, -0.2) is 11.7 Å². The van der Waals surface area contributed by atoms with Crippen LogP contribution in [0.5, 0.6) is 0 Å². The van der Waals surface area contributed by atoms with E-state index in [1.807, 2.05) is 0 Å². The molecule has 0 aliphatic heterocycles. The van der Waals surface area contributed by atoms with Crippen molar-refractivity contribution in [2.24, 2.45) is 0 Å². The largest absolute Gasteiger partial charge is 0.324 e. The molecule has 0 radical (unpaired) electrons. The van der Waals surface area contributed by atoms with E-state index in [1.54, 1.807) is 18.2 Å². The molecular weight excluding hydrogens is 304 g/mol. The first-order valence-corrected chi connectivity index (χ1v) is 7.05. The number of hydrogen-bond acceptors (Lipinski definition) is 2. The topological polar surface area (TPSA) is 29.1 Å². The lowest BCUT2D eigenvalue weighted by Gasteiger charge is -2.07. The van der Waals surface area contributed by atoms with E-state index < -0.39 is 5.82 Å². The van der Waals surface area contributed by atoms with E-state index in [9.17, 15) is 13.6 Å². The highest BCUT2D eigenvalue weighted by molar-refractivity contribution is 8.00. The average Bonchev–Trinajstić information content (AvgIpc) is 2.41. The van der Waals surface area contributed by atoms with Crippen molar-refractivity contribution in [2.45, 2.75) is 4.90 Å². The normalized spacial score (nSPS) is 10.3. The van der Waals surface area contributed by atoms with Gasteiger partial charge in [0.05, 0.1) is 16.5 Å². The summed E-state index contributed by atoms with van der Waals surface area (Å²) in [5, 5.41) is 2.67. The average molecular weight is 314 g/mol.